The van der Waals surface area contributed by atoms with Crippen LogP contribution in [0.25, 0.3) is 0 Å². The lowest BCUT2D eigenvalue weighted by Crippen LogP contribution is -2.43. The molecular weight excluding hydrogens is 300 g/mol. The first kappa shape index (κ1) is 17.1. The Bertz CT molecular complexity index is 533. The fourth-order valence-corrected chi connectivity index (χ4v) is 3.39. The first-order valence-corrected chi connectivity index (χ1v) is 9.35. The molecule has 2 fully saturated rings. The van der Waals surface area contributed by atoms with Gasteiger partial charge in [0.05, 0.1) is 0 Å². The number of rotatable bonds is 5. The number of carbonyl (C=O) groups excluding carboxylic acids is 1. The van der Waals surface area contributed by atoms with Crippen molar-refractivity contribution in [3.63, 3.8) is 0 Å². The summed E-state index contributed by atoms with van der Waals surface area (Å²) in [6.07, 6.45) is 9.56. The Hall–Kier alpha value is -1.78. The zero-order valence-corrected chi connectivity index (χ0v) is 15.0. The molecule has 5 nitrogen and oxygen atoms in total. The molecule has 1 saturated carbocycles. The summed E-state index contributed by atoms with van der Waals surface area (Å²) in [6.45, 7) is 4.88. The third-order valence-corrected chi connectivity index (χ3v) is 5.42. The average molecular weight is 330 g/mol. The molecule has 1 unspecified atom stereocenters. The zero-order chi connectivity index (χ0) is 16.9. The second-order valence-electron chi connectivity index (χ2n) is 7.27. The highest BCUT2D eigenvalue weighted by molar-refractivity contribution is 5.74. The van der Waals surface area contributed by atoms with Crippen LogP contribution >= 0.6 is 0 Å². The van der Waals surface area contributed by atoms with E-state index >= 15 is 0 Å². The van der Waals surface area contributed by atoms with Crippen LogP contribution in [0.15, 0.2) is 18.3 Å². The number of nitrogens with one attached hydrogen (secondary N) is 1. The van der Waals surface area contributed by atoms with E-state index in [4.69, 9.17) is 0 Å². The van der Waals surface area contributed by atoms with Crippen LogP contribution in [-0.2, 0) is 6.54 Å². The summed E-state index contributed by atoms with van der Waals surface area (Å²) < 4.78 is 0. The van der Waals surface area contributed by atoms with E-state index in [2.05, 4.69) is 34.3 Å². The molecule has 24 heavy (non-hydrogen) atoms. The number of aromatic nitrogens is 1. The van der Waals surface area contributed by atoms with Crippen molar-refractivity contribution in [3.05, 3.63) is 23.9 Å². The van der Waals surface area contributed by atoms with E-state index in [0.717, 1.165) is 24.5 Å². The number of nitrogens with zero attached hydrogens (tertiary/aromatic N) is 3. The number of hydrogen-bond acceptors (Lipinski definition) is 3. The minimum absolute atomic E-state index is 0.00555. The Balaban J connectivity index is 1.49. The van der Waals surface area contributed by atoms with Crippen LogP contribution in [0.2, 0.25) is 0 Å². The van der Waals surface area contributed by atoms with Crippen molar-refractivity contribution in [3.8, 4) is 0 Å². The molecule has 1 aromatic heterocycles. The lowest BCUT2D eigenvalue weighted by molar-refractivity contribution is 0.187. The number of urea groups is 1. The van der Waals surface area contributed by atoms with Gasteiger partial charge in [-0.05, 0) is 50.2 Å². The summed E-state index contributed by atoms with van der Waals surface area (Å²) in [5.74, 6) is 1.75. The predicted molar refractivity (Wildman–Crippen MR) is 97.1 cm³/mol. The molecule has 0 radical (unpaired) electrons. The molecule has 2 heterocycles. The van der Waals surface area contributed by atoms with Crippen molar-refractivity contribution in [2.75, 3.05) is 25.0 Å². The molecule has 3 rings (SSSR count). The van der Waals surface area contributed by atoms with E-state index in [1.54, 1.807) is 0 Å². The molecule has 1 saturated heterocycles. The molecule has 132 valence electrons. The predicted octanol–water partition coefficient (Wildman–Crippen LogP) is 3.40. The van der Waals surface area contributed by atoms with Gasteiger partial charge in [0, 0.05) is 38.9 Å². The van der Waals surface area contributed by atoms with E-state index in [9.17, 15) is 4.79 Å². The first-order chi connectivity index (χ1) is 11.6. The van der Waals surface area contributed by atoms with Gasteiger partial charge in [0.15, 0.2) is 0 Å². The van der Waals surface area contributed by atoms with Crippen LogP contribution in [0.3, 0.4) is 0 Å². The van der Waals surface area contributed by atoms with Crippen molar-refractivity contribution in [1.82, 2.24) is 15.2 Å². The molecule has 1 N–H and O–H groups in total. The van der Waals surface area contributed by atoms with Crippen molar-refractivity contribution in [1.29, 1.82) is 0 Å². The van der Waals surface area contributed by atoms with Crippen molar-refractivity contribution < 1.29 is 4.79 Å². The number of carbonyl (C=O) groups is 1. The highest BCUT2D eigenvalue weighted by atomic mass is 16.2. The molecular formula is C19H30N4O. The number of anilines is 1. The van der Waals surface area contributed by atoms with Gasteiger partial charge in [0.1, 0.15) is 5.82 Å². The molecule has 2 amide bonds. The van der Waals surface area contributed by atoms with Crippen molar-refractivity contribution in [2.24, 2.45) is 5.92 Å². The Kier molecular flexibility index (Phi) is 5.59. The molecule has 0 aromatic carbocycles. The van der Waals surface area contributed by atoms with E-state index in [-0.39, 0.29) is 6.03 Å². The summed E-state index contributed by atoms with van der Waals surface area (Å²) >= 11 is 0. The maximum atomic E-state index is 12.2. The normalized spacial score (nSPS) is 19.5. The monoisotopic (exact) mass is 330 g/mol. The van der Waals surface area contributed by atoms with Gasteiger partial charge in [-0.15, -0.1) is 0 Å². The van der Waals surface area contributed by atoms with Crippen LogP contribution in [0.1, 0.15) is 51.0 Å². The maximum Gasteiger partial charge on any atom is 0.317 e. The number of amides is 2. The minimum atomic E-state index is 0.00555. The van der Waals surface area contributed by atoms with Crippen LogP contribution in [0.5, 0.6) is 0 Å². The van der Waals surface area contributed by atoms with E-state index in [1.165, 1.54) is 38.5 Å². The fourth-order valence-electron chi connectivity index (χ4n) is 3.39. The SMILES string of the molecule is CC(C1CC1)N(C)C(=O)NCc1ccc(N2CCCCCC2)nc1. The van der Waals surface area contributed by atoms with E-state index in [0.29, 0.717) is 18.5 Å². The summed E-state index contributed by atoms with van der Waals surface area (Å²) in [4.78, 5) is 21.0. The fraction of sp³-hybridized carbons (Fsp3) is 0.684. The van der Waals surface area contributed by atoms with Gasteiger partial charge in [-0.2, -0.15) is 0 Å². The third kappa shape index (κ3) is 4.40. The molecule has 1 aliphatic carbocycles. The molecule has 0 spiro atoms. The lowest BCUT2D eigenvalue weighted by Gasteiger charge is -2.25. The smallest absolute Gasteiger partial charge is 0.317 e. The maximum absolute atomic E-state index is 12.2. The standard InChI is InChI=1S/C19H30N4O/c1-15(17-8-9-17)22(2)19(24)21-14-16-7-10-18(20-13-16)23-11-5-3-4-6-12-23/h7,10,13,15,17H,3-6,8-9,11-12,14H2,1-2H3,(H,21,24). The van der Waals surface area contributed by atoms with Gasteiger partial charge in [-0.3, -0.25) is 0 Å². The quantitative estimate of drug-likeness (QED) is 0.900. The van der Waals surface area contributed by atoms with Gasteiger partial charge in [-0.1, -0.05) is 18.9 Å². The topological polar surface area (TPSA) is 48.5 Å². The molecule has 1 atom stereocenters. The van der Waals surface area contributed by atoms with Gasteiger partial charge in [0.2, 0.25) is 0 Å². The van der Waals surface area contributed by atoms with Crippen LogP contribution < -0.4 is 10.2 Å². The van der Waals surface area contributed by atoms with Gasteiger partial charge in [-0.25, -0.2) is 9.78 Å². The highest BCUT2D eigenvalue weighted by Gasteiger charge is 2.32. The molecule has 5 heteroatoms. The Morgan fingerprint density at radius 1 is 1.29 bits per heavy atom. The second-order valence-corrected chi connectivity index (χ2v) is 7.27. The second kappa shape index (κ2) is 7.86. The van der Waals surface area contributed by atoms with Gasteiger partial charge >= 0.3 is 6.03 Å². The first-order valence-electron chi connectivity index (χ1n) is 9.35. The minimum Gasteiger partial charge on any atom is -0.357 e. The molecule has 1 aliphatic heterocycles. The van der Waals surface area contributed by atoms with E-state index < -0.39 is 0 Å². The van der Waals surface area contributed by atoms with Crippen LogP contribution in [-0.4, -0.2) is 42.1 Å². The Morgan fingerprint density at radius 2 is 2.00 bits per heavy atom. The zero-order valence-electron chi connectivity index (χ0n) is 15.0. The number of hydrogen-bond donors (Lipinski definition) is 1. The molecule has 1 aromatic rings. The van der Waals surface area contributed by atoms with Crippen molar-refractivity contribution >= 4 is 11.8 Å². The summed E-state index contributed by atoms with van der Waals surface area (Å²) in [5, 5.41) is 3.00. The average Bonchev–Trinajstić information content (AvgIpc) is 3.45. The molecule has 0 bridgehead atoms. The summed E-state index contributed by atoms with van der Waals surface area (Å²) in [7, 11) is 1.89. The van der Waals surface area contributed by atoms with Crippen LogP contribution in [0, 0.1) is 5.92 Å². The lowest BCUT2D eigenvalue weighted by atomic mass is 10.2. The van der Waals surface area contributed by atoms with E-state index in [1.807, 2.05) is 18.1 Å². The van der Waals surface area contributed by atoms with Crippen LogP contribution in [0.4, 0.5) is 10.6 Å². The Morgan fingerprint density at radius 3 is 2.58 bits per heavy atom. The third-order valence-electron chi connectivity index (χ3n) is 5.42. The van der Waals surface area contributed by atoms with Gasteiger partial charge in [0.25, 0.3) is 0 Å². The summed E-state index contributed by atoms with van der Waals surface area (Å²) in [6, 6.07) is 4.50. The molecule has 2 aliphatic rings. The summed E-state index contributed by atoms with van der Waals surface area (Å²) in [5.41, 5.74) is 1.05. The van der Waals surface area contributed by atoms with Gasteiger partial charge < -0.3 is 15.1 Å². The van der Waals surface area contributed by atoms with Crippen molar-refractivity contribution in [2.45, 2.75) is 58.0 Å². The Labute approximate surface area is 145 Å². The highest BCUT2D eigenvalue weighted by Crippen LogP contribution is 2.34. The largest absolute Gasteiger partial charge is 0.357 e. The number of pyridine rings is 1.